The Kier molecular flexibility index (Phi) is 4.52. The van der Waals surface area contributed by atoms with Crippen molar-refractivity contribution in [2.24, 2.45) is 0 Å². The van der Waals surface area contributed by atoms with E-state index < -0.39 is 0 Å². The summed E-state index contributed by atoms with van der Waals surface area (Å²) < 4.78 is 5.24. The van der Waals surface area contributed by atoms with Gasteiger partial charge in [-0.3, -0.25) is 4.79 Å². The van der Waals surface area contributed by atoms with Crippen LogP contribution in [0, 0.1) is 13.8 Å². The van der Waals surface area contributed by atoms with Gasteiger partial charge in [0, 0.05) is 12.1 Å². The molecular weight excluding hydrogens is 298 g/mol. The Morgan fingerprint density at radius 2 is 1.58 bits per heavy atom. The lowest BCUT2D eigenvalue weighted by Gasteiger charge is -2.09. The van der Waals surface area contributed by atoms with Crippen LogP contribution in [0.3, 0.4) is 0 Å². The lowest BCUT2D eigenvalue weighted by molar-refractivity contribution is 0.0950. The maximum absolute atomic E-state index is 12.3. The monoisotopic (exact) mass is 319 g/mol. The number of nitrogens with one attached hydrogen (secondary N) is 1. The quantitative estimate of drug-likeness (QED) is 0.774. The Morgan fingerprint density at radius 3 is 2.29 bits per heavy atom. The van der Waals surface area contributed by atoms with E-state index in [0.717, 1.165) is 33.2 Å². The molecule has 3 aromatic carbocycles. The normalized spacial score (nSPS) is 10.6. The van der Waals surface area contributed by atoms with Gasteiger partial charge in [0.15, 0.2) is 0 Å². The third-order valence-corrected chi connectivity index (χ3v) is 4.05. The van der Waals surface area contributed by atoms with E-state index in [2.05, 4.69) is 23.5 Å². The van der Waals surface area contributed by atoms with Gasteiger partial charge in [-0.25, -0.2) is 0 Å². The number of rotatable bonds is 4. The Hall–Kier alpha value is -2.81. The molecule has 122 valence electrons. The van der Waals surface area contributed by atoms with Gasteiger partial charge in [0.25, 0.3) is 5.91 Å². The molecule has 3 nitrogen and oxygen atoms in total. The molecule has 0 aliphatic rings. The summed E-state index contributed by atoms with van der Waals surface area (Å²) in [5.74, 6) is 0.801. The summed E-state index contributed by atoms with van der Waals surface area (Å²) in [5, 5.41) is 5.25. The van der Waals surface area contributed by atoms with Crippen LogP contribution in [-0.2, 0) is 6.54 Å². The van der Waals surface area contributed by atoms with Gasteiger partial charge in [0.05, 0.1) is 7.11 Å². The number of ether oxygens (including phenoxy) is 1. The van der Waals surface area contributed by atoms with E-state index in [1.54, 1.807) is 7.11 Å². The molecule has 3 rings (SSSR count). The van der Waals surface area contributed by atoms with Crippen molar-refractivity contribution >= 4 is 16.7 Å². The Balaban J connectivity index is 1.74. The molecule has 0 unspecified atom stereocenters. The summed E-state index contributed by atoms with van der Waals surface area (Å²) >= 11 is 0. The summed E-state index contributed by atoms with van der Waals surface area (Å²) in [5.41, 5.74) is 3.98. The minimum Gasteiger partial charge on any atom is -0.497 e. The first-order chi connectivity index (χ1) is 11.5. The van der Waals surface area contributed by atoms with Crippen LogP contribution < -0.4 is 10.1 Å². The van der Waals surface area contributed by atoms with Gasteiger partial charge in [-0.05, 0) is 60.5 Å². The van der Waals surface area contributed by atoms with Gasteiger partial charge in [-0.2, -0.15) is 0 Å². The van der Waals surface area contributed by atoms with E-state index in [1.165, 1.54) is 0 Å². The summed E-state index contributed by atoms with van der Waals surface area (Å²) in [6.07, 6.45) is 0. The number of hydrogen-bond acceptors (Lipinski definition) is 2. The lowest BCUT2D eigenvalue weighted by atomic mass is 10.1. The average molecular weight is 319 g/mol. The number of aryl methyl sites for hydroxylation is 2. The standard InChI is InChI=1S/C21H21NO2/c1-14-8-15(2)10-19(9-14)21(23)22-13-16-4-5-18-12-20(24-3)7-6-17(18)11-16/h4-12H,13H2,1-3H3,(H,22,23). The Morgan fingerprint density at radius 1 is 0.917 bits per heavy atom. The lowest BCUT2D eigenvalue weighted by Crippen LogP contribution is -2.22. The Bertz CT molecular complexity index is 879. The van der Waals surface area contributed by atoms with Gasteiger partial charge >= 0.3 is 0 Å². The smallest absolute Gasteiger partial charge is 0.251 e. The number of methoxy groups -OCH3 is 1. The van der Waals surface area contributed by atoms with Crippen molar-refractivity contribution in [2.45, 2.75) is 20.4 Å². The molecule has 24 heavy (non-hydrogen) atoms. The van der Waals surface area contributed by atoms with Gasteiger partial charge in [-0.1, -0.05) is 35.4 Å². The largest absolute Gasteiger partial charge is 0.497 e. The number of amides is 1. The van der Waals surface area contributed by atoms with E-state index in [9.17, 15) is 4.79 Å². The van der Waals surface area contributed by atoms with Crippen molar-refractivity contribution in [1.82, 2.24) is 5.32 Å². The second-order valence-corrected chi connectivity index (χ2v) is 6.11. The summed E-state index contributed by atoms with van der Waals surface area (Å²) in [6.45, 7) is 4.51. The molecule has 0 heterocycles. The predicted octanol–water partition coefficient (Wildman–Crippen LogP) is 4.40. The molecule has 0 aliphatic carbocycles. The maximum atomic E-state index is 12.3. The molecule has 3 heteroatoms. The summed E-state index contributed by atoms with van der Waals surface area (Å²) in [6, 6.07) is 18.0. The maximum Gasteiger partial charge on any atom is 0.251 e. The highest BCUT2D eigenvalue weighted by molar-refractivity contribution is 5.94. The van der Waals surface area contributed by atoms with E-state index in [4.69, 9.17) is 4.74 Å². The summed E-state index contributed by atoms with van der Waals surface area (Å²) in [7, 11) is 1.66. The molecule has 0 radical (unpaired) electrons. The van der Waals surface area contributed by atoms with Crippen LogP contribution in [-0.4, -0.2) is 13.0 Å². The summed E-state index contributed by atoms with van der Waals surface area (Å²) in [4.78, 5) is 12.3. The number of hydrogen-bond donors (Lipinski definition) is 1. The van der Waals surface area contributed by atoms with Crippen molar-refractivity contribution in [3.05, 3.63) is 76.9 Å². The molecule has 0 spiro atoms. The molecule has 1 amide bonds. The van der Waals surface area contributed by atoms with Crippen LogP contribution in [0.2, 0.25) is 0 Å². The van der Waals surface area contributed by atoms with Crippen molar-refractivity contribution in [1.29, 1.82) is 0 Å². The van der Waals surface area contributed by atoms with Crippen LogP contribution >= 0.6 is 0 Å². The average Bonchev–Trinajstić information content (AvgIpc) is 2.58. The van der Waals surface area contributed by atoms with Crippen molar-refractivity contribution in [3.8, 4) is 5.75 Å². The number of benzene rings is 3. The highest BCUT2D eigenvalue weighted by Crippen LogP contribution is 2.22. The molecule has 0 aromatic heterocycles. The fraction of sp³-hybridized carbons (Fsp3) is 0.190. The minimum absolute atomic E-state index is 0.0448. The molecule has 0 saturated carbocycles. The van der Waals surface area contributed by atoms with Gasteiger partial charge < -0.3 is 10.1 Å². The second-order valence-electron chi connectivity index (χ2n) is 6.11. The first-order valence-electron chi connectivity index (χ1n) is 7.98. The SMILES string of the molecule is COc1ccc2cc(CNC(=O)c3cc(C)cc(C)c3)ccc2c1. The molecule has 0 aliphatic heterocycles. The molecule has 0 bridgehead atoms. The second kappa shape index (κ2) is 6.75. The zero-order valence-electron chi connectivity index (χ0n) is 14.2. The first kappa shape index (κ1) is 16.1. The van der Waals surface area contributed by atoms with E-state index in [-0.39, 0.29) is 5.91 Å². The fourth-order valence-electron chi connectivity index (χ4n) is 2.90. The van der Waals surface area contributed by atoms with E-state index in [1.807, 2.05) is 50.2 Å². The minimum atomic E-state index is -0.0448. The van der Waals surface area contributed by atoms with Crippen LogP contribution in [0.1, 0.15) is 27.0 Å². The van der Waals surface area contributed by atoms with E-state index in [0.29, 0.717) is 12.1 Å². The van der Waals surface area contributed by atoms with Gasteiger partial charge in [0.2, 0.25) is 0 Å². The number of fused-ring (bicyclic) bond motifs is 1. The van der Waals surface area contributed by atoms with Crippen LogP contribution in [0.5, 0.6) is 5.75 Å². The van der Waals surface area contributed by atoms with Crippen LogP contribution in [0.25, 0.3) is 10.8 Å². The van der Waals surface area contributed by atoms with Crippen LogP contribution in [0.15, 0.2) is 54.6 Å². The van der Waals surface area contributed by atoms with Gasteiger partial charge in [-0.15, -0.1) is 0 Å². The highest BCUT2D eigenvalue weighted by atomic mass is 16.5. The molecule has 1 N–H and O–H groups in total. The topological polar surface area (TPSA) is 38.3 Å². The van der Waals surface area contributed by atoms with Crippen molar-refractivity contribution < 1.29 is 9.53 Å². The molecule has 0 fully saturated rings. The van der Waals surface area contributed by atoms with Crippen molar-refractivity contribution in [2.75, 3.05) is 7.11 Å². The highest BCUT2D eigenvalue weighted by Gasteiger charge is 2.07. The van der Waals surface area contributed by atoms with Gasteiger partial charge in [0.1, 0.15) is 5.75 Å². The zero-order valence-corrected chi connectivity index (χ0v) is 14.2. The Labute approximate surface area is 142 Å². The van der Waals surface area contributed by atoms with Crippen molar-refractivity contribution in [3.63, 3.8) is 0 Å². The molecule has 0 atom stereocenters. The molecule has 0 saturated heterocycles. The zero-order chi connectivity index (χ0) is 17.1. The third-order valence-electron chi connectivity index (χ3n) is 4.05. The number of carbonyl (C=O) groups is 1. The van der Waals surface area contributed by atoms with Crippen LogP contribution in [0.4, 0.5) is 0 Å². The third kappa shape index (κ3) is 3.57. The number of carbonyl (C=O) groups excluding carboxylic acids is 1. The molecule has 3 aromatic rings. The predicted molar refractivity (Wildman–Crippen MR) is 97.6 cm³/mol. The fourth-order valence-corrected chi connectivity index (χ4v) is 2.90. The molecular formula is C21H21NO2. The van der Waals surface area contributed by atoms with E-state index >= 15 is 0 Å². The first-order valence-corrected chi connectivity index (χ1v) is 7.98.